The predicted octanol–water partition coefficient (Wildman–Crippen LogP) is 3.93. The molecule has 0 atom stereocenters. The molecule has 3 aromatic rings. The van der Waals surface area contributed by atoms with Crippen molar-refractivity contribution in [1.82, 2.24) is 19.9 Å². The van der Waals surface area contributed by atoms with E-state index < -0.39 is 0 Å². The van der Waals surface area contributed by atoms with E-state index in [4.69, 9.17) is 4.98 Å². The maximum Gasteiger partial charge on any atom is 0.254 e. The Morgan fingerprint density at radius 1 is 1.04 bits per heavy atom. The van der Waals surface area contributed by atoms with E-state index in [1.165, 1.54) is 18.3 Å². The van der Waals surface area contributed by atoms with Crippen LogP contribution >= 0.6 is 0 Å². The topological polar surface area (TPSA) is 59.0 Å². The highest BCUT2D eigenvalue weighted by molar-refractivity contribution is 6.08. The molecule has 0 unspecified atom stereocenters. The minimum atomic E-state index is 0.0958. The number of rotatable bonds is 2. The number of carbonyl (C=O) groups is 1. The lowest BCUT2D eigenvalue weighted by Crippen LogP contribution is -2.35. The molecule has 1 saturated heterocycles. The Bertz CT molecular complexity index is 963. The number of aryl methyl sites for hydroxylation is 2. The number of nitrogens with zero attached hydrogens (tertiary/aromatic N) is 4. The molecule has 0 bridgehead atoms. The van der Waals surface area contributed by atoms with Crippen LogP contribution in [0.1, 0.15) is 40.7 Å². The Morgan fingerprint density at radius 3 is 2.50 bits per heavy atom. The highest BCUT2D eigenvalue weighted by Gasteiger charge is 2.22. The zero-order chi connectivity index (χ0) is 18.1. The van der Waals surface area contributed by atoms with Crippen LogP contribution in [0.2, 0.25) is 0 Å². The first-order valence-corrected chi connectivity index (χ1v) is 9.11. The lowest BCUT2D eigenvalue weighted by molar-refractivity contribution is 0.0726. The van der Waals surface area contributed by atoms with Crippen LogP contribution in [0.5, 0.6) is 0 Å². The first kappa shape index (κ1) is 16.6. The molecule has 1 aliphatic rings. The standard InChI is InChI=1S/C21H22N4O/c1-14-6-7-17-18(21(26)25-8-4-3-5-9-25)10-19(24-20(17)15(14)2)16-11-22-13-23-12-16/h6-7,10-13H,3-5,8-9H2,1-2H3. The van der Waals surface area contributed by atoms with Crippen molar-refractivity contribution in [2.45, 2.75) is 33.1 Å². The van der Waals surface area contributed by atoms with Crippen molar-refractivity contribution in [3.63, 3.8) is 0 Å². The number of fused-ring (bicyclic) bond motifs is 1. The van der Waals surface area contributed by atoms with Gasteiger partial charge in [0, 0.05) is 36.4 Å². The molecule has 0 N–H and O–H groups in total. The second-order valence-corrected chi connectivity index (χ2v) is 6.94. The fourth-order valence-corrected chi connectivity index (χ4v) is 3.55. The fourth-order valence-electron chi connectivity index (χ4n) is 3.55. The predicted molar refractivity (Wildman–Crippen MR) is 102 cm³/mol. The second-order valence-electron chi connectivity index (χ2n) is 6.94. The van der Waals surface area contributed by atoms with Gasteiger partial charge in [-0.2, -0.15) is 0 Å². The first-order chi connectivity index (χ1) is 12.6. The summed E-state index contributed by atoms with van der Waals surface area (Å²) in [4.78, 5) is 28.3. The summed E-state index contributed by atoms with van der Waals surface area (Å²) < 4.78 is 0. The smallest absolute Gasteiger partial charge is 0.254 e. The van der Waals surface area contributed by atoms with Crippen LogP contribution in [0.25, 0.3) is 22.2 Å². The molecule has 1 aliphatic heterocycles. The van der Waals surface area contributed by atoms with Crippen molar-refractivity contribution in [2.24, 2.45) is 0 Å². The summed E-state index contributed by atoms with van der Waals surface area (Å²) in [6, 6.07) is 5.98. The van der Waals surface area contributed by atoms with Gasteiger partial charge >= 0.3 is 0 Å². The number of aromatic nitrogens is 3. The molecular formula is C21H22N4O. The summed E-state index contributed by atoms with van der Waals surface area (Å²) in [5.74, 6) is 0.0958. The molecule has 1 fully saturated rings. The maximum atomic E-state index is 13.3. The van der Waals surface area contributed by atoms with E-state index in [-0.39, 0.29) is 5.91 Å². The van der Waals surface area contributed by atoms with E-state index in [0.29, 0.717) is 0 Å². The lowest BCUT2D eigenvalue weighted by Gasteiger charge is -2.27. The molecule has 4 rings (SSSR count). The third-order valence-electron chi connectivity index (χ3n) is 5.24. The zero-order valence-electron chi connectivity index (χ0n) is 15.2. The van der Waals surface area contributed by atoms with Gasteiger partial charge in [0.05, 0.1) is 16.8 Å². The minimum absolute atomic E-state index is 0.0958. The highest BCUT2D eigenvalue weighted by atomic mass is 16.2. The molecule has 5 heteroatoms. The van der Waals surface area contributed by atoms with Gasteiger partial charge in [0.25, 0.3) is 5.91 Å². The van der Waals surface area contributed by atoms with Gasteiger partial charge in [-0.3, -0.25) is 4.79 Å². The minimum Gasteiger partial charge on any atom is -0.339 e. The number of pyridine rings is 1. The van der Waals surface area contributed by atoms with Crippen LogP contribution in [0.15, 0.2) is 36.9 Å². The normalized spacial score (nSPS) is 14.6. The number of likely N-dealkylation sites (tertiary alicyclic amines) is 1. The van der Waals surface area contributed by atoms with Crippen molar-refractivity contribution < 1.29 is 4.79 Å². The molecule has 1 amide bonds. The highest BCUT2D eigenvalue weighted by Crippen LogP contribution is 2.29. The summed E-state index contributed by atoms with van der Waals surface area (Å²) in [6.45, 7) is 5.79. The van der Waals surface area contributed by atoms with Gasteiger partial charge in [-0.1, -0.05) is 12.1 Å². The van der Waals surface area contributed by atoms with Gasteiger partial charge in [-0.25, -0.2) is 15.0 Å². The largest absolute Gasteiger partial charge is 0.339 e. The van der Waals surface area contributed by atoms with E-state index >= 15 is 0 Å². The van der Waals surface area contributed by atoms with Gasteiger partial charge in [0.2, 0.25) is 0 Å². The van der Waals surface area contributed by atoms with Crippen molar-refractivity contribution in [1.29, 1.82) is 0 Å². The Kier molecular flexibility index (Phi) is 4.37. The third kappa shape index (κ3) is 2.94. The number of amides is 1. The average Bonchev–Trinajstić information content (AvgIpc) is 2.71. The summed E-state index contributed by atoms with van der Waals surface area (Å²) >= 11 is 0. The van der Waals surface area contributed by atoms with Crippen LogP contribution in [0, 0.1) is 13.8 Å². The molecular weight excluding hydrogens is 324 g/mol. The Labute approximate surface area is 153 Å². The van der Waals surface area contributed by atoms with Gasteiger partial charge in [0.15, 0.2) is 0 Å². The van der Waals surface area contributed by atoms with E-state index in [2.05, 4.69) is 29.9 Å². The molecule has 26 heavy (non-hydrogen) atoms. The molecule has 0 radical (unpaired) electrons. The monoisotopic (exact) mass is 346 g/mol. The number of piperidine rings is 1. The third-order valence-corrected chi connectivity index (χ3v) is 5.24. The van der Waals surface area contributed by atoms with E-state index in [9.17, 15) is 4.79 Å². The maximum absolute atomic E-state index is 13.3. The zero-order valence-corrected chi connectivity index (χ0v) is 15.2. The van der Waals surface area contributed by atoms with Crippen LogP contribution in [-0.2, 0) is 0 Å². The van der Waals surface area contributed by atoms with Gasteiger partial charge in [0.1, 0.15) is 6.33 Å². The van der Waals surface area contributed by atoms with Gasteiger partial charge < -0.3 is 4.90 Å². The van der Waals surface area contributed by atoms with Crippen LogP contribution in [-0.4, -0.2) is 38.8 Å². The van der Waals surface area contributed by atoms with E-state index in [1.54, 1.807) is 12.4 Å². The van der Waals surface area contributed by atoms with E-state index in [1.807, 2.05) is 17.0 Å². The Hall–Kier alpha value is -2.82. The molecule has 0 spiro atoms. The van der Waals surface area contributed by atoms with Crippen molar-refractivity contribution in [3.8, 4) is 11.3 Å². The van der Waals surface area contributed by atoms with Gasteiger partial charge in [-0.15, -0.1) is 0 Å². The summed E-state index contributed by atoms with van der Waals surface area (Å²) in [6.07, 6.45) is 8.33. The number of hydrogen-bond donors (Lipinski definition) is 0. The van der Waals surface area contributed by atoms with Gasteiger partial charge in [-0.05, 0) is 50.3 Å². The van der Waals surface area contributed by atoms with Crippen LogP contribution in [0.3, 0.4) is 0 Å². The summed E-state index contributed by atoms with van der Waals surface area (Å²) in [5.41, 5.74) is 5.44. The Balaban J connectivity index is 1.92. The van der Waals surface area contributed by atoms with Crippen molar-refractivity contribution in [3.05, 3.63) is 53.6 Å². The lowest BCUT2D eigenvalue weighted by atomic mass is 9.98. The Morgan fingerprint density at radius 2 is 1.77 bits per heavy atom. The summed E-state index contributed by atoms with van der Waals surface area (Å²) in [7, 11) is 0. The molecule has 0 saturated carbocycles. The van der Waals surface area contributed by atoms with Crippen molar-refractivity contribution in [2.75, 3.05) is 13.1 Å². The quantitative estimate of drug-likeness (QED) is 0.705. The number of benzene rings is 1. The number of carbonyl (C=O) groups excluding carboxylic acids is 1. The molecule has 2 aromatic heterocycles. The molecule has 132 valence electrons. The molecule has 5 nitrogen and oxygen atoms in total. The average molecular weight is 346 g/mol. The SMILES string of the molecule is Cc1ccc2c(C(=O)N3CCCCC3)cc(-c3cncnc3)nc2c1C. The fraction of sp³-hybridized carbons (Fsp3) is 0.333. The number of hydrogen-bond acceptors (Lipinski definition) is 4. The second kappa shape index (κ2) is 6.83. The molecule has 0 aliphatic carbocycles. The first-order valence-electron chi connectivity index (χ1n) is 9.11. The van der Waals surface area contributed by atoms with Crippen LogP contribution < -0.4 is 0 Å². The molecule has 3 heterocycles. The molecule has 1 aromatic carbocycles. The summed E-state index contributed by atoms with van der Waals surface area (Å²) in [5, 5.41) is 0.921. The van der Waals surface area contributed by atoms with Crippen LogP contribution in [0.4, 0.5) is 0 Å². The van der Waals surface area contributed by atoms with E-state index in [0.717, 1.165) is 59.2 Å². The van der Waals surface area contributed by atoms with Crippen molar-refractivity contribution >= 4 is 16.8 Å².